The minimum atomic E-state index is -2.21. The summed E-state index contributed by atoms with van der Waals surface area (Å²) in [6.07, 6.45) is 33.9. The minimum Gasteiger partial charge on any atom is -0.383 e. The van der Waals surface area contributed by atoms with Crippen LogP contribution in [0, 0.1) is 11.5 Å². The van der Waals surface area contributed by atoms with Gasteiger partial charge in [-0.2, -0.15) is 20.0 Å². The first-order valence-electron chi connectivity index (χ1n) is 50.6. The van der Waals surface area contributed by atoms with Gasteiger partial charge in [0.05, 0.1) is 11.7 Å². The number of pyridine rings is 7. The van der Waals surface area contributed by atoms with E-state index in [1.165, 1.54) is 151 Å². The summed E-state index contributed by atoms with van der Waals surface area (Å²) in [5, 5.41) is 18.1. The van der Waals surface area contributed by atoms with E-state index in [9.17, 15) is 34.0 Å². The third kappa shape index (κ3) is 33.7. The van der Waals surface area contributed by atoms with E-state index in [2.05, 4.69) is 140 Å². The van der Waals surface area contributed by atoms with Gasteiger partial charge in [0, 0.05) is 80.7 Å². The molecule has 1 aliphatic heterocycles. The average Bonchev–Trinajstić information content (AvgIpc) is 0.779. The molecule has 2 aliphatic carbocycles. The summed E-state index contributed by atoms with van der Waals surface area (Å²) in [5.74, 6) is 3.04. The second-order valence-electron chi connectivity index (χ2n) is 42.9. The van der Waals surface area contributed by atoms with Crippen LogP contribution in [-0.4, -0.2) is 135 Å². The number of nitriles is 1. The number of imide groups is 3. The molecule has 6 amide bonds. The third-order valence-electron chi connectivity index (χ3n) is 24.3. The van der Waals surface area contributed by atoms with E-state index in [4.69, 9.17) is 44.9 Å². The maximum atomic E-state index is 13.0. The van der Waals surface area contributed by atoms with Crippen LogP contribution in [0.4, 0.5) is 57.9 Å². The van der Waals surface area contributed by atoms with E-state index < -0.39 is 88.5 Å². The van der Waals surface area contributed by atoms with Crippen LogP contribution in [0.25, 0.3) is 65.1 Å². The Hall–Kier alpha value is -12.2. The number of fused-ring (bicyclic) bond motifs is 5. The number of nitrogens with zero attached hydrogens (tertiary/aromatic N) is 12. The van der Waals surface area contributed by atoms with Crippen LogP contribution in [0.2, 0.25) is 13.3 Å². The van der Waals surface area contributed by atoms with Gasteiger partial charge < -0.3 is 44.8 Å². The quantitative estimate of drug-likeness (QED) is 0.0486. The number of unbranched alkanes of at least 4 members (excludes halogenated alkanes) is 3. The fraction of sp³-hybridized carbons (Fsp3) is 0.461. The van der Waals surface area contributed by atoms with Crippen molar-refractivity contribution in [1.29, 1.82) is 5.26 Å². The van der Waals surface area contributed by atoms with Gasteiger partial charge in [0.2, 0.25) is 0 Å². The standard InChI is InChI=1S/C25H34N2O4.C24H27N3O4.C19H23BrN2O4.C15H16N4.C15H18N2.C5H4N.3C4H9.Sn/c1-24(2,3)30-22(28)27(23(29)31-25(4,5)6)21-20-13-12-18(16-19(20)14-15-26-21)17-10-8-7-9-11-17;1-23(2,3)30-21(28)27(22(29)31-24(4,5)6)20-18-11-10-17(15-16(18)12-14-26-20)19-9-7-8-13-25-19;1-18(2,3)25-16(23)22(17(24)26-19(4,5)6)15-14-8-7-13(20)11-12(14)9-10-21-15;16-10-19-8-2-1-3-14(19)12-4-5-13-11(9-12)6-7-18-15(13)17;16-15-14-7-6-12(10-13(14)8-9-17-15)11-4-2-1-3-5-11;1-2-4-6-5-3-1;3*1-3-4-2;/h12-17H,7-11H2,1-6H3;7-15H,1-6H3;7-11H,1-6H3;4-7,9,14H,1-3,8H2,(H2,17,18);6-11H,1-5H2,(H2,16,17);1-4H;3*1,3-4H2,2H3;. The first-order chi connectivity index (χ1) is 67.7. The number of piperidine rings is 1. The molecule has 0 bridgehead atoms. The van der Waals surface area contributed by atoms with Gasteiger partial charge in [0.15, 0.2) is 23.6 Å². The van der Waals surface area contributed by atoms with E-state index in [1.54, 1.807) is 171 Å². The molecule has 8 heterocycles. The Kier molecular flexibility index (Phi) is 40.5. The van der Waals surface area contributed by atoms with Crippen molar-refractivity contribution in [2.24, 2.45) is 0 Å². The summed E-state index contributed by atoms with van der Waals surface area (Å²) in [6.45, 7) is 39.1. The zero-order valence-electron chi connectivity index (χ0n) is 87.8. The number of carbonyl (C=O) groups excluding carboxylic acids is 6. The SMILES string of the molecule is CC(C)(C)OC(=O)N(C(=O)OC(C)(C)C)c1nccc2cc(-c3ccccn3)ccc12.CC(C)(C)OC(=O)N(C(=O)OC(C)(C)C)c1nccc2cc(Br)ccc12.CC(C)(C)OC(=O)N(C(=O)OC(C)(C)C)c1nccc2cc(C3CCCCC3)ccc12.CCC[CH2][Sn]([CH2]CCC)([CH2]CCC)[c]1ccccn1.N#CN1CCCCC1c1ccc2c(N)nccc2c1.Nc1nccc2cc(C3CCCCC3)ccc12. The smallest absolute Gasteiger partial charge is 0.179 e. The summed E-state index contributed by atoms with van der Waals surface area (Å²) < 4.78 is 39.7. The summed E-state index contributed by atoms with van der Waals surface area (Å²) >= 11 is 1.21. The topological polar surface area (TPSA) is 337 Å². The van der Waals surface area contributed by atoms with E-state index >= 15 is 0 Å². The van der Waals surface area contributed by atoms with Crippen LogP contribution in [-0.2, 0) is 28.4 Å². The van der Waals surface area contributed by atoms with Crippen LogP contribution in [0.15, 0.2) is 206 Å². The molecule has 12 aromatic rings. The average molecular weight is 2120 g/mol. The molecule has 3 aliphatic rings. The third-order valence-corrected chi connectivity index (χ3v) is 40.0. The zero-order chi connectivity index (χ0) is 104. The van der Waals surface area contributed by atoms with E-state index in [1.807, 2.05) is 90.0 Å². The molecule has 0 radical (unpaired) electrons. The molecule has 26 nitrogen and oxygen atoms in total. The molecule has 7 aromatic heterocycles. The number of aromatic nitrogens is 7. The fourth-order valence-electron chi connectivity index (χ4n) is 17.7. The van der Waals surface area contributed by atoms with Gasteiger partial charge in [-0.3, -0.25) is 4.98 Å². The Morgan fingerprint density at radius 1 is 0.371 bits per heavy atom. The van der Waals surface area contributed by atoms with Crippen LogP contribution in [0.3, 0.4) is 0 Å². The number of nitrogen functional groups attached to an aromatic ring is 2. The van der Waals surface area contributed by atoms with Crippen LogP contribution >= 0.6 is 15.9 Å². The Bertz CT molecular complexity index is 6210. The zero-order valence-corrected chi connectivity index (χ0v) is 92.3. The second kappa shape index (κ2) is 51.4. The van der Waals surface area contributed by atoms with Crippen molar-refractivity contribution in [2.75, 3.05) is 32.7 Å². The Morgan fingerprint density at radius 2 is 0.699 bits per heavy atom. The summed E-state index contributed by atoms with van der Waals surface area (Å²) in [5.41, 5.74) is 12.8. The van der Waals surface area contributed by atoms with Crippen molar-refractivity contribution in [2.45, 2.75) is 332 Å². The van der Waals surface area contributed by atoms with Crippen molar-refractivity contribution < 1.29 is 57.2 Å². The molecule has 762 valence electrons. The predicted octanol–water partition coefficient (Wildman–Crippen LogP) is 30.4. The number of benzene rings is 5. The molecule has 4 N–H and O–H groups in total. The molecule has 15 rings (SSSR count). The number of ether oxygens (including phenoxy) is 6. The van der Waals surface area contributed by atoms with Crippen molar-refractivity contribution in [1.82, 2.24) is 39.8 Å². The first-order valence-corrected chi connectivity index (χ1v) is 58.8. The number of likely N-dealkylation sites (tertiary alicyclic amines) is 1. The van der Waals surface area contributed by atoms with Gasteiger partial charge in [-0.15, -0.1) is 0 Å². The van der Waals surface area contributed by atoms with Crippen LogP contribution < -0.4 is 29.9 Å². The van der Waals surface area contributed by atoms with Crippen molar-refractivity contribution in [3.05, 3.63) is 222 Å². The molecule has 1 atom stereocenters. The molecule has 3 fully saturated rings. The number of amides is 6. The number of hydrogen-bond donors (Lipinski definition) is 2. The van der Waals surface area contributed by atoms with E-state index in [0.717, 1.165) is 88.1 Å². The maximum Gasteiger partial charge on any atom is 0.179 e. The maximum absolute atomic E-state index is 13.0. The molecular formula is C115H149BrN14O12Sn. The van der Waals surface area contributed by atoms with Gasteiger partial charge in [0.25, 0.3) is 0 Å². The summed E-state index contributed by atoms with van der Waals surface area (Å²) in [4.78, 5) is 112. The minimum absolute atomic E-state index is 0.147. The monoisotopic (exact) mass is 2120 g/mol. The summed E-state index contributed by atoms with van der Waals surface area (Å²) in [6, 6.07) is 52.2. The van der Waals surface area contributed by atoms with Gasteiger partial charge in [-0.25, -0.2) is 53.7 Å². The van der Waals surface area contributed by atoms with E-state index in [0.29, 0.717) is 33.7 Å². The van der Waals surface area contributed by atoms with Gasteiger partial charge in [0.1, 0.15) is 45.2 Å². The largest absolute Gasteiger partial charge is 0.383 e. The molecule has 143 heavy (non-hydrogen) atoms. The molecule has 28 heteroatoms. The first kappa shape index (κ1) is 113. The molecule has 1 saturated heterocycles. The Morgan fingerprint density at radius 3 is 1.06 bits per heavy atom. The fourth-order valence-corrected chi connectivity index (χ4v) is 33.5. The van der Waals surface area contributed by atoms with Crippen LogP contribution in [0.5, 0.6) is 0 Å². The number of halogens is 1. The Labute approximate surface area is 858 Å². The molecule has 0 spiro atoms. The normalized spacial score (nSPS) is 14.3. The number of hydrogen-bond acceptors (Lipinski definition) is 23. The summed E-state index contributed by atoms with van der Waals surface area (Å²) in [7, 11) is 0. The number of carbonyl (C=O) groups is 6. The van der Waals surface area contributed by atoms with Crippen molar-refractivity contribution in [3.63, 3.8) is 0 Å². The predicted molar refractivity (Wildman–Crippen MR) is 583 cm³/mol. The number of anilines is 5. The molecule has 1 unspecified atom stereocenters. The number of nitrogens with two attached hydrogens (primary N) is 2. The van der Waals surface area contributed by atoms with Gasteiger partial charge in [-0.1, -0.05) is 115 Å². The van der Waals surface area contributed by atoms with Crippen molar-refractivity contribution >= 4 is 158 Å². The number of rotatable bonds is 17. The van der Waals surface area contributed by atoms with Crippen LogP contribution in [0.1, 0.15) is 302 Å². The Balaban J connectivity index is 0.000000179. The molecular weight excluding hydrogens is 1970 g/mol. The molecule has 5 aromatic carbocycles. The van der Waals surface area contributed by atoms with E-state index in [-0.39, 0.29) is 23.5 Å². The van der Waals surface area contributed by atoms with Gasteiger partial charge >= 0.3 is 161 Å². The van der Waals surface area contributed by atoms with Crippen molar-refractivity contribution in [3.8, 4) is 17.5 Å². The molecule has 2 saturated carbocycles. The second-order valence-corrected chi connectivity index (χ2v) is 56.9. The van der Waals surface area contributed by atoms with Gasteiger partial charge in [-0.05, 0) is 304 Å².